The Hall–Kier alpha value is -3.46. The molecule has 2 amide bonds. The lowest BCUT2D eigenvalue weighted by Crippen LogP contribution is -2.35. The Morgan fingerprint density at radius 1 is 0.806 bits per heavy atom. The fourth-order valence-electron chi connectivity index (χ4n) is 5.04. The molecule has 0 aromatic heterocycles. The highest BCUT2D eigenvalue weighted by Gasteiger charge is 2.43. The summed E-state index contributed by atoms with van der Waals surface area (Å²) in [6, 6.07) is 17.3. The summed E-state index contributed by atoms with van der Waals surface area (Å²) in [6.45, 7) is 0.111. The lowest BCUT2D eigenvalue weighted by molar-refractivity contribution is -0.127. The van der Waals surface area contributed by atoms with E-state index in [-0.39, 0.29) is 18.4 Å². The molecule has 0 bridgehead atoms. The number of hydrogen-bond donors (Lipinski definition) is 2. The summed E-state index contributed by atoms with van der Waals surface area (Å²) >= 11 is 0. The number of benzene rings is 3. The molecule has 2 aliphatic rings. The molecule has 36 heavy (non-hydrogen) atoms. The summed E-state index contributed by atoms with van der Waals surface area (Å²) in [4.78, 5) is 26.4. The Morgan fingerprint density at radius 3 is 2.03 bits per heavy atom. The van der Waals surface area contributed by atoms with E-state index in [4.69, 9.17) is 4.74 Å². The molecule has 3 aromatic rings. The zero-order valence-electron chi connectivity index (χ0n) is 19.3. The lowest BCUT2D eigenvalue weighted by Gasteiger charge is -2.22. The maximum atomic E-state index is 13.5. The molecule has 0 aliphatic carbocycles. The van der Waals surface area contributed by atoms with Crippen LogP contribution in [0.3, 0.4) is 0 Å². The van der Waals surface area contributed by atoms with Crippen molar-refractivity contribution < 1.29 is 33.3 Å². The highest BCUT2D eigenvalue weighted by Crippen LogP contribution is 2.33. The SMILES string of the molecule is O=C1c2ccccc2C(=O)N1CCC1C(CCc2ccc(-c3cc(F)cc(F)c3)cc2)OC(O)C1O. The fourth-order valence-corrected chi connectivity index (χ4v) is 5.04. The van der Waals surface area contributed by atoms with Crippen molar-refractivity contribution >= 4 is 11.8 Å². The number of aliphatic hydroxyl groups excluding tert-OH is 2. The average Bonchev–Trinajstić information content (AvgIpc) is 3.28. The number of ether oxygens (including phenoxy) is 1. The number of carbonyl (C=O) groups excluding carboxylic acids is 2. The first kappa shape index (κ1) is 24.2. The third-order valence-corrected chi connectivity index (χ3v) is 6.95. The number of hydrogen-bond acceptors (Lipinski definition) is 5. The van der Waals surface area contributed by atoms with Crippen LogP contribution in [0, 0.1) is 17.6 Å². The molecular formula is C28H25F2NO5. The van der Waals surface area contributed by atoms with Gasteiger partial charge in [-0.2, -0.15) is 0 Å². The third-order valence-electron chi connectivity index (χ3n) is 6.95. The summed E-state index contributed by atoms with van der Waals surface area (Å²) in [5.41, 5.74) is 2.81. The van der Waals surface area contributed by atoms with E-state index in [9.17, 15) is 28.6 Å². The van der Waals surface area contributed by atoms with Crippen LogP contribution in [0.25, 0.3) is 11.1 Å². The smallest absolute Gasteiger partial charge is 0.261 e. The highest BCUT2D eigenvalue weighted by molar-refractivity contribution is 6.21. The minimum Gasteiger partial charge on any atom is -0.387 e. The quantitative estimate of drug-likeness (QED) is 0.487. The minimum absolute atomic E-state index is 0.111. The van der Waals surface area contributed by atoms with Crippen LogP contribution in [-0.2, 0) is 11.2 Å². The second-order valence-corrected chi connectivity index (χ2v) is 9.21. The molecule has 186 valence electrons. The number of rotatable bonds is 7. The van der Waals surface area contributed by atoms with E-state index >= 15 is 0 Å². The Labute approximate surface area is 206 Å². The van der Waals surface area contributed by atoms with Gasteiger partial charge in [0.05, 0.1) is 17.2 Å². The van der Waals surface area contributed by atoms with Crippen LogP contribution < -0.4 is 0 Å². The maximum absolute atomic E-state index is 13.5. The van der Waals surface area contributed by atoms with Crippen molar-refractivity contribution in [2.24, 2.45) is 5.92 Å². The summed E-state index contributed by atoms with van der Waals surface area (Å²) in [6.07, 6.45) is -1.58. The van der Waals surface area contributed by atoms with Gasteiger partial charge in [-0.25, -0.2) is 8.78 Å². The van der Waals surface area contributed by atoms with Crippen LogP contribution >= 0.6 is 0 Å². The first-order valence-corrected chi connectivity index (χ1v) is 11.8. The van der Waals surface area contributed by atoms with Crippen LogP contribution in [0.15, 0.2) is 66.7 Å². The van der Waals surface area contributed by atoms with Crippen molar-refractivity contribution in [3.05, 3.63) is 95.1 Å². The van der Waals surface area contributed by atoms with Gasteiger partial charge in [-0.3, -0.25) is 14.5 Å². The van der Waals surface area contributed by atoms with E-state index in [0.29, 0.717) is 41.5 Å². The molecule has 0 radical (unpaired) electrons. The van der Waals surface area contributed by atoms with Gasteiger partial charge in [0.15, 0.2) is 6.29 Å². The van der Waals surface area contributed by atoms with Gasteiger partial charge in [-0.15, -0.1) is 0 Å². The van der Waals surface area contributed by atoms with Gasteiger partial charge in [0.2, 0.25) is 0 Å². The van der Waals surface area contributed by atoms with E-state index in [2.05, 4.69) is 0 Å². The van der Waals surface area contributed by atoms with Crippen LogP contribution in [0.4, 0.5) is 8.78 Å². The molecule has 0 spiro atoms. The van der Waals surface area contributed by atoms with Crippen LogP contribution in [0.2, 0.25) is 0 Å². The monoisotopic (exact) mass is 493 g/mol. The second kappa shape index (κ2) is 9.89. The number of halogens is 2. The predicted octanol–water partition coefficient (Wildman–Crippen LogP) is 3.95. The van der Waals surface area contributed by atoms with Crippen molar-refractivity contribution in [3.63, 3.8) is 0 Å². The second-order valence-electron chi connectivity index (χ2n) is 9.21. The highest BCUT2D eigenvalue weighted by atomic mass is 19.1. The summed E-state index contributed by atoms with van der Waals surface area (Å²) in [5.74, 6) is -2.47. The van der Waals surface area contributed by atoms with E-state index in [1.54, 1.807) is 36.4 Å². The first-order chi connectivity index (χ1) is 17.3. The Bertz CT molecular complexity index is 1240. The van der Waals surface area contributed by atoms with E-state index < -0.39 is 36.1 Å². The first-order valence-electron chi connectivity index (χ1n) is 11.8. The predicted molar refractivity (Wildman–Crippen MR) is 127 cm³/mol. The number of fused-ring (bicyclic) bond motifs is 1. The van der Waals surface area contributed by atoms with Crippen LogP contribution in [0.1, 0.15) is 39.1 Å². The number of amides is 2. The zero-order chi connectivity index (χ0) is 25.4. The molecular weight excluding hydrogens is 468 g/mol. The molecule has 4 atom stereocenters. The molecule has 5 rings (SSSR count). The van der Waals surface area contributed by atoms with Gasteiger partial charge in [-0.05, 0) is 60.2 Å². The fraction of sp³-hybridized carbons (Fsp3) is 0.286. The Balaban J connectivity index is 1.22. The molecule has 8 heteroatoms. The molecule has 1 saturated heterocycles. The molecule has 2 aliphatic heterocycles. The van der Waals surface area contributed by atoms with Gasteiger partial charge in [0.25, 0.3) is 11.8 Å². The van der Waals surface area contributed by atoms with Crippen LogP contribution in [0.5, 0.6) is 0 Å². The van der Waals surface area contributed by atoms with Gasteiger partial charge in [0.1, 0.15) is 17.7 Å². The average molecular weight is 494 g/mol. The number of nitrogens with zero attached hydrogens (tertiary/aromatic N) is 1. The van der Waals surface area contributed by atoms with Gasteiger partial charge >= 0.3 is 0 Å². The maximum Gasteiger partial charge on any atom is 0.261 e. The molecule has 6 nitrogen and oxygen atoms in total. The van der Waals surface area contributed by atoms with Crippen LogP contribution in [-0.4, -0.2) is 52.0 Å². The van der Waals surface area contributed by atoms with Crippen molar-refractivity contribution in [1.82, 2.24) is 4.90 Å². The normalized spacial score (nSPS) is 23.4. The van der Waals surface area contributed by atoms with Crippen molar-refractivity contribution in [2.75, 3.05) is 6.54 Å². The molecule has 4 unspecified atom stereocenters. The van der Waals surface area contributed by atoms with Crippen molar-refractivity contribution in [3.8, 4) is 11.1 Å². The number of imide groups is 1. The van der Waals surface area contributed by atoms with Crippen molar-refractivity contribution in [2.45, 2.75) is 37.8 Å². The summed E-state index contributed by atoms with van der Waals surface area (Å²) in [5, 5.41) is 20.6. The van der Waals surface area contributed by atoms with E-state index in [1.807, 2.05) is 12.1 Å². The Kier molecular flexibility index (Phi) is 6.66. The van der Waals surface area contributed by atoms with Gasteiger partial charge in [0, 0.05) is 18.5 Å². The molecule has 0 saturated carbocycles. The topological polar surface area (TPSA) is 87.1 Å². The lowest BCUT2D eigenvalue weighted by atomic mass is 9.90. The number of carbonyl (C=O) groups is 2. The number of aliphatic hydroxyl groups is 2. The van der Waals surface area contributed by atoms with E-state index in [0.717, 1.165) is 11.6 Å². The standard InChI is InChI=1S/C28H25F2NO5/c29-19-13-18(14-20(30)15-19)17-8-5-16(6-9-17)7-10-24-23(25(32)28(35)36-24)11-12-31-26(33)21-3-1-2-4-22(21)27(31)34/h1-6,8-9,13-15,23-25,28,32,35H,7,10-12H2. The summed E-state index contributed by atoms with van der Waals surface area (Å²) in [7, 11) is 0. The minimum atomic E-state index is -1.34. The summed E-state index contributed by atoms with van der Waals surface area (Å²) < 4.78 is 32.6. The molecule has 2 N–H and O–H groups in total. The van der Waals surface area contributed by atoms with E-state index in [1.165, 1.54) is 17.0 Å². The molecule has 3 aromatic carbocycles. The largest absolute Gasteiger partial charge is 0.387 e. The third kappa shape index (κ3) is 4.67. The zero-order valence-corrected chi connectivity index (χ0v) is 19.3. The van der Waals surface area contributed by atoms with Gasteiger partial charge in [-0.1, -0.05) is 36.4 Å². The Morgan fingerprint density at radius 2 is 1.42 bits per heavy atom. The molecule has 2 heterocycles. The molecule has 1 fully saturated rings. The number of aryl methyl sites for hydroxylation is 1. The van der Waals surface area contributed by atoms with Crippen molar-refractivity contribution in [1.29, 1.82) is 0 Å². The van der Waals surface area contributed by atoms with Gasteiger partial charge < -0.3 is 14.9 Å².